The molecule has 0 aliphatic carbocycles. The monoisotopic (exact) mass is 349 g/mol. The molecule has 1 aromatic heterocycles. The molecule has 4 rings (SSSR count). The van der Waals surface area contributed by atoms with E-state index in [1.165, 1.54) is 0 Å². The lowest BCUT2D eigenvalue weighted by atomic mass is 9.87. The molecule has 1 aliphatic heterocycles. The molecule has 1 atom stereocenters. The van der Waals surface area contributed by atoms with Gasteiger partial charge in [-0.1, -0.05) is 36.4 Å². The Kier molecular flexibility index (Phi) is 4.46. The Morgan fingerprint density at radius 1 is 1.04 bits per heavy atom. The molecule has 0 fully saturated rings. The topological polar surface area (TPSA) is 60.7 Å². The fourth-order valence-electron chi connectivity index (χ4n) is 3.26. The van der Waals surface area contributed by atoms with Crippen LogP contribution in [0.2, 0.25) is 0 Å². The predicted octanol–water partition coefficient (Wildman–Crippen LogP) is 4.02. The third kappa shape index (κ3) is 2.97. The minimum atomic E-state index is -0.426. The van der Waals surface area contributed by atoms with Crippen molar-refractivity contribution >= 4 is 5.91 Å². The van der Waals surface area contributed by atoms with E-state index in [2.05, 4.69) is 5.32 Å². The van der Waals surface area contributed by atoms with E-state index in [9.17, 15) is 4.79 Å². The van der Waals surface area contributed by atoms with Gasteiger partial charge in [0.25, 0.3) is 0 Å². The van der Waals surface area contributed by atoms with Crippen molar-refractivity contribution in [1.82, 2.24) is 5.32 Å². The number of carbonyl (C=O) groups excluding carboxylic acids is 1. The normalized spacial score (nSPS) is 14.0. The van der Waals surface area contributed by atoms with Crippen LogP contribution in [-0.2, 0) is 9.53 Å². The average Bonchev–Trinajstić information content (AvgIpc) is 3.21. The standard InChI is InChI=1S/C21H19NO4/c1-24-19(18-11-6-12-25-18)13-22-21(23)20-14-7-2-4-9-16(14)26-17-10-5-3-8-15(17)20/h2-12,19-20H,13H2,1H3,(H,22,23). The Morgan fingerprint density at radius 3 is 2.27 bits per heavy atom. The van der Waals surface area contributed by atoms with Crippen molar-refractivity contribution in [3.63, 3.8) is 0 Å². The summed E-state index contributed by atoms with van der Waals surface area (Å²) in [6.07, 6.45) is 1.26. The van der Waals surface area contributed by atoms with Gasteiger partial charge in [0, 0.05) is 18.2 Å². The predicted molar refractivity (Wildman–Crippen MR) is 96.3 cm³/mol. The maximum absolute atomic E-state index is 13.1. The van der Waals surface area contributed by atoms with Crippen LogP contribution in [0, 0.1) is 0 Å². The lowest BCUT2D eigenvalue weighted by Gasteiger charge is -2.27. The Balaban J connectivity index is 1.59. The van der Waals surface area contributed by atoms with Crippen molar-refractivity contribution in [2.24, 2.45) is 0 Å². The zero-order chi connectivity index (χ0) is 17.9. The van der Waals surface area contributed by atoms with Crippen LogP contribution in [0.25, 0.3) is 0 Å². The van der Waals surface area contributed by atoms with Crippen LogP contribution in [-0.4, -0.2) is 19.6 Å². The van der Waals surface area contributed by atoms with Crippen molar-refractivity contribution in [2.75, 3.05) is 13.7 Å². The summed E-state index contributed by atoms with van der Waals surface area (Å²) in [5, 5.41) is 2.99. The molecule has 0 bridgehead atoms. The highest BCUT2D eigenvalue weighted by Crippen LogP contribution is 2.43. The maximum atomic E-state index is 13.1. The van der Waals surface area contributed by atoms with Gasteiger partial charge >= 0.3 is 0 Å². The minimum Gasteiger partial charge on any atom is -0.467 e. The Bertz CT molecular complexity index is 858. The number of benzene rings is 2. The number of hydrogen-bond donors (Lipinski definition) is 1. The average molecular weight is 349 g/mol. The summed E-state index contributed by atoms with van der Waals surface area (Å²) in [4.78, 5) is 13.1. The van der Waals surface area contributed by atoms with Gasteiger partial charge in [0.15, 0.2) is 0 Å². The number of para-hydroxylation sites is 2. The number of nitrogens with one attached hydrogen (secondary N) is 1. The zero-order valence-corrected chi connectivity index (χ0v) is 14.3. The highest BCUT2D eigenvalue weighted by Gasteiger charge is 2.32. The van der Waals surface area contributed by atoms with E-state index in [-0.39, 0.29) is 12.0 Å². The Morgan fingerprint density at radius 2 is 1.69 bits per heavy atom. The number of fused-ring (bicyclic) bond motifs is 2. The van der Waals surface area contributed by atoms with E-state index >= 15 is 0 Å². The molecule has 26 heavy (non-hydrogen) atoms. The van der Waals surface area contributed by atoms with E-state index in [0.717, 1.165) is 11.1 Å². The van der Waals surface area contributed by atoms with Gasteiger partial charge in [-0.25, -0.2) is 0 Å². The van der Waals surface area contributed by atoms with Crippen LogP contribution in [0.15, 0.2) is 71.3 Å². The van der Waals surface area contributed by atoms with Gasteiger partial charge in [0.2, 0.25) is 5.91 Å². The van der Waals surface area contributed by atoms with Gasteiger partial charge in [0.05, 0.1) is 18.7 Å². The molecule has 5 heteroatoms. The number of furan rings is 1. The number of hydrogen-bond acceptors (Lipinski definition) is 4. The highest BCUT2D eigenvalue weighted by molar-refractivity contribution is 5.89. The molecule has 0 spiro atoms. The van der Waals surface area contributed by atoms with Crippen LogP contribution in [0.4, 0.5) is 0 Å². The summed E-state index contributed by atoms with van der Waals surface area (Å²) in [6, 6.07) is 18.9. The summed E-state index contributed by atoms with van der Waals surface area (Å²) in [5.41, 5.74) is 1.71. The molecule has 1 amide bonds. The van der Waals surface area contributed by atoms with E-state index in [1.807, 2.05) is 54.6 Å². The highest BCUT2D eigenvalue weighted by atomic mass is 16.5. The van der Waals surface area contributed by atoms with Crippen molar-refractivity contribution in [3.8, 4) is 11.5 Å². The quantitative estimate of drug-likeness (QED) is 0.756. The third-order valence-corrected chi connectivity index (χ3v) is 4.55. The molecule has 5 nitrogen and oxygen atoms in total. The first-order chi connectivity index (χ1) is 12.8. The lowest BCUT2D eigenvalue weighted by molar-refractivity contribution is -0.122. The first-order valence-corrected chi connectivity index (χ1v) is 8.47. The Labute approximate surface area is 151 Å². The second kappa shape index (κ2) is 7.06. The summed E-state index contributed by atoms with van der Waals surface area (Å²) in [6.45, 7) is 0.324. The molecule has 132 valence electrons. The number of carbonyl (C=O) groups is 1. The fourth-order valence-corrected chi connectivity index (χ4v) is 3.26. The van der Waals surface area contributed by atoms with Crippen LogP contribution in [0.3, 0.4) is 0 Å². The molecular formula is C21H19NO4. The summed E-state index contributed by atoms with van der Waals surface area (Å²) >= 11 is 0. The van der Waals surface area contributed by atoms with Crippen molar-refractivity contribution < 1.29 is 18.7 Å². The van der Waals surface area contributed by atoms with Crippen molar-refractivity contribution in [1.29, 1.82) is 0 Å². The SMILES string of the molecule is COC(CNC(=O)C1c2ccccc2Oc2ccccc21)c1ccco1. The summed E-state index contributed by atoms with van der Waals surface area (Å²) < 4.78 is 16.8. The van der Waals surface area contributed by atoms with E-state index < -0.39 is 5.92 Å². The first kappa shape index (κ1) is 16.4. The van der Waals surface area contributed by atoms with Crippen LogP contribution >= 0.6 is 0 Å². The molecule has 0 radical (unpaired) electrons. The number of rotatable bonds is 5. The summed E-state index contributed by atoms with van der Waals surface area (Å²) in [5.74, 6) is 1.58. The van der Waals surface area contributed by atoms with Gasteiger partial charge in [0.1, 0.15) is 23.4 Å². The molecule has 1 unspecified atom stereocenters. The second-order valence-corrected chi connectivity index (χ2v) is 6.10. The maximum Gasteiger partial charge on any atom is 0.232 e. The van der Waals surface area contributed by atoms with Crippen molar-refractivity contribution in [2.45, 2.75) is 12.0 Å². The van der Waals surface area contributed by atoms with Crippen LogP contribution < -0.4 is 10.1 Å². The molecular weight excluding hydrogens is 330 g/mol. The van der Waals surface area contributed by atoms with Crippen LogP contribution in [0.5, 0.6) is 11.5 Å². The molecule has 1 N–H and O–H groups in total. The summed E-state index contributed by atoms with van der Waals surface area (Å²) in [7, 11) is 1.60. The van der Waals surface area contributed by atoms with E-state index in [0.29, 0.717) is 23.8 Å². The van der Waals surface area contributed by atoms with Gasteiger partial charge in [-0.2, -0.15) is 0 Å². The van der Waals surface area contributed by atoms with E-state index in [4.69, 9.17) is 13.9 Å². The second-order valence-electron chi connectivity index (χ2n) is 6.10. The largest absolute Gasteiger partial charge is 0.467 e. The van der Waals surface area contributed by atoms with Crippen LogP contribution in [0.1, 0.15) is 28.9 Å². The number of methoxy groups -OCH3 is 1. The zero-order valence-electron chi connectivity index (χ0n) is 14.3. The Hall–Kier alpha value is -3.05. The molecule has 2 aromatic carbocycles. The van der Waals surface area contributed by atoms with E-state index in [1.54, 1.807) is 19.4 Å². The smallest absolute Gasteiger partial charge is 0.232 e. The molecule has 3 aromatic rings. The fraction of sp³-hybridized carbons (Fsp3) is 0.190. The van der Waals surface area contributed by atoms with Crippen molar-refractivity contribution in [3.05, 3.63) is 83.8 Å². The molecule has 0 saturated heterocycles. The molecule has 2 heterocycles. The third-order valence-electron chi connectivity index (χ3n) is 4.55. The number of ether oxygens (including phenoxy) is 2. The van der Waals surface area contributed by atoms with Gasteiger partial charge in [-0.05, 0) is 24.3 Å². The van der Waals surface area contributed by atoms with Gasteiger partial charge in [-0.15, -0.1) is 0 Å². The lowest BCUT2D eigenvalue weighted by Crippen LogP contribution is -2.34. The van der Waals surface area contributed by atoms with Gasteiger partial charge < -0.3 is 19.2 Å². The van der Waals surface area contributed by atoms with Gasteiger partial charge in [-0.3, -0.25) is 4.79 Å². The minimum absolute atomic E-state index is 0.0955. The molecule has 0 saturated carbocycles. The first-order valence-electron chi connectivity index (χ1n) is 8.47. The number of amides is 1. The molecule has 1 aliphatic rings.